The fraction of sp³-hybridized carbons (Fsp3) is 0.262. The second-order valence-electron chi connectivity index (χ2n) is 13.6. The van der Waals surface area contributed by atoms with E-state index in [2.05, 4.69) is 4.72 Å². The summed E-state index contributed by atoms with van der Waals surface area (Å²) in [5.41, 5.74) is 1.97. The van der Waals surface area contributed by atoms with E-state index in [1.807, 2.05) is 60.7 Å². The van der Waals surface area contributed by atoms with Crippen LogP contribution in [0.25, 0.3) is 11.1 Å². The van der Waals surface area contributed by atoms with Crippen LogP contribution >= 0.6 is 0 Å². The number of para-hydroxylation sites is 2. The largest absolute Gasteiger partial charge is 0.492 e. The lowest BCUT2D eigenvalue weighted by Crippen LogP contribution is -2.44. The van der Waals surface area contributed by atoms with Crippen molar-refractivity contribution < 1.29 is 50.6 Å². The molecule has 1 aliphatic rings. The third kappa shape index (κ3) is 11.2. The van der Waals surface area contributed by atoms with Crippen molar-refractivity contribution in [3.63, 3.8) is 0 Å². The van der Waals surface area contributed by atoms with Gasteiger partial charge in [0.1, 0.15) is 19.0 Å². The van der Waals surface area contributed by atoms with Gasteiger partial charge >= 0.3 is 13.1 Å². The van der Waals surface area contributed by atoms with Crippen LogP contribution in [0.15, 0.2) is 115 Å². The van der Waals surface area contributed by atoms with E-state index in [4.69, 9.17) is 24.3 Å². The van der Waals surface area contributed by atoms with Crippen LogP contribution in [0, 0.1) is 22.9 Å². The molecule has 5 aromatic carbocycles. The molecule has 6 rings (SSSR count). The van der Waals surface area contributed by atoms with Crippen LogP contribution < -0.4 is 19.7 Å². The Hall–Kier alpha value is -5.15. The second kappa shape index (κ2) is 19.1. The minimum absolute atomic E-state index is 0.0194. The molecule has 1 fully saturated rings. The Kier molecular flexibility index (Phi) is 14.4. The maximum atomic E-state index is 15.1. The molecular formula is C42H43BF3NO8S. The van der Waals surface area contributed by atoms with Crippen molar-refractivity contribution in [1.29, 1.82) is 0 Å². The smallest absolute Gasteiger partial charge is 0.486 e. The van der Waals surface area contributed by atoms with Gasteiger partial charge in [0.15, 0.2) is 23.1 Å². The highest BCUT2D eigenvalue weighted by Crippen LogP contribution is 2.42. The highest BCUT2D eigenvalue weighted by Gasteiger charge is 2.43. The summed E-state index contributed by atoms with van der Waals surface area (Å²) in [6.45, 7) is 0.283. The second-order valence-corrected chi connectivity index (χ2v) is 15.4. The van der Waals surface area contributed by atoms with Gasteiger partial charge in [0.2, 0.25) is 10.0 Å². The fourth-order valence-electron chi connectivity index (χ4n) is 6.75. The average Bonchev–Trinajstić information content (AvgIpc) is 3.18. The summed E-state index contributed by atoms with van der Waals surface area (Å²) in [6.07, 6.45) is 3.14. The third-order valence-electron chi connectivity index (χ3n) is 9.50. The van der Waals surface area contributed by atoms with Gasteiger partial charge in [0.25, 0.3) is 0 Å². The van der Waals surface area contributed by atoms with Crippen LogP contribution in [0.5, 0.6) is 11.5 Å². The van der Waals surface area contributed by atoms with Crippen molar-refractivity contribution in [2.24, 2.45) is 5.41 Å². The molecule has 294 valence electrons. The molecule has 3 N–H and O–H groups in total. The first-order valence-electron chi connectivity index (χ1n) is 17.9. The number of hydrogen-bond donors (Lipinski definition) is 3. The monoisotopic (exact) mass is 789 g/mol. The first kappa shape index (κ1) is 42.0. The number of esters is 1. The number of hydrogen-bond acceptors (Lipinski definition) is 8. The number of rotatable bonds is 13. The zero-order valence-electron chi connectivity index (χ0n) is 31.0. The van der Waals surface area contributed by atoms with Crippen molar-refractivity contribution in [2.45, 2.75) is 51.4 Å². The highest BCUT2D eigenvalue weighted by atomic mass is 32.2. The number of carbonyl (C=O) groups is 1. The Balaban J connectivity index is 0.000000278. The number of halogens is 3. The average molecular weight is 790 g/mol. The quantitative estimate of drug-likeness (QED) is 0.0913. The van der Waals surface area contributed by atoms with Crippen molar-refractivity contribution in [1.82, 2.24) is 4.72 Å². The predicted octanol–water partition coefficient (Wildman–Crippen LogP) is 6.49. The molecule has 0 bridgehead atoms. The van der Waals surface area contributed by atoms with Gasteiger partial charge in [-0.15, -0.1) is 0 Å². The van der Waals surface area contributed by atoms with E-state index in [0.29, 0.717) is 31.2 Å². The molecule has 0 atom stereocenters. The fourth-order valence-corrected chi connectivity index (χ4v) is 7.59. The molecule has 1 saturated carbocycles. The summed E-state index contributed by atoms with van der Waals surface area (Å²) < 4.78 is 85.7. The molecule has 9 nitrogen and oxygen atoms in total. The van der Waals surface area contributed by atoms with Gasteiger partial charge in [-0.3, -0.25) is 4.79 Å². The standard InChI is InChI=1S/C29H31F2NO5S.C13H12BFO3/c1-36-28(33)29(15-13-22(14-16-29)32-38(2,34)35)18-21-11-12-25(30)24(17-21)23-9-6-10-26(31)27(23)37-19-20-7-4-3-5-8-20;15-12-8-4-7-11(14(16)17)13(12)18-9-10-5-2-1-3-6-10/h3-12,17,22,32H,13-16,18-19H2,1-2H3;1-8,16-17H,9H2. The summed E-state index contributed by atoms with van der Waals surface area (Å²) in [5, 5.41) is 18.3. The number of sulfonamides is 1. The van der Waals surface area contributed by atoms with Crippen molar-refractivity contribution in [3.05, 3.63) is 149 Å². The molecule has 5 aromatic rings. The maximum Gasteiger partial charge on any atom is 0.492 e. The van der Waals surface area contributed by atoms with Crippen molar-refractivity contribution in [2.75, 3.05) is 13.4 Å². The molecule has 0 aromatic heterocycles. The van der Waals surface area contributed by atoms with Crippen LogP contribution in [-0.2, 0) is 39.2 Å². The van der Waals surface area contributed by atoms with Gasteiger partial charge in [-0.05, 0) is 73.1 Å². The summed E-state index contributed by atoms with van der Waals surface area (Å²) in [6, 6.07) is 31.2. The van der Waals surface area contributed by atoms with Crippen molar-refractivity contribution >= 4 is 28.6 Å². The Morgan fingerprint density at radius 1 is 0.732 bits per heavy atom. The van der Waals surface area contributed by atoms with E-state index in [0.717, 1.165) is 17.4 Å². The van der Waals surface area contributed by atoms with Crippen LogP contribution in [0.3, 0.4) is 0 Å². The first-order chi connectivity index (χ1) is 26.8. The Bertz CT molecular complexity index is 2190. The lowest BCUT2D eigenvalue weighted by Gasteiger charge is -2.38. The van der Waals surface area contributed by atoms with E-state index in [1.54, 1.807) is 18.2 Å². The number of ether oxygens (including phenoxy) is 3. The summed E-state index contributed by atoms with van der Waals surface area (Å²) in [4.78, 5) is 12.9. The summed E-state index contributed by atoms with van der Waals surface area (Å²) in [7, 11) is -3.80. The predicted molar refractivity (Wildman–Crippen MR) is 208 cm³/mol. The lowest BCUT2D eigenvalue weighted by atomic mass is 9.69. The molecule has 56 heavy (non-hydrogen) atoms. The zero-order valence-corrected chi connectivity index (χ0v) is 31.8. The topological polar surface area (TPSA) is 131 Å². The molecule has 0 spiro atoms. The molecule has 0 radical (unpaired) electrons. The zero-order chi connectivity index (χ0) is 40.3. The van der Waals surface area contributed by atoms with Crippen LogP contribution in [0.1, 0.15) is 42.4 Å². The van der Waals surface area contributed by atoms with E-state index in [1.165, 1.54) is 43.5 Å². The van der Waals surface area contributed by atoms with Crippen LogP contribution in [0.2, 0.25) is 0 Å². The van der Waals surface area contributed by atoms with Crippen LogP contribution in [-0.4, -0.2) is 51.0 Å². The van der Waals surface area contributed by atoms with Gasteiger partial charge in [0, 0.05) is 22.6 Å². The molecule has 0 amide bonds. The van der Waals surface area contributed by atoms with Gasteiger partial charge in [-0.1, -0.05) is 91.0 Å². The third-order valence-corrected chi connectivity index (χ3v) is 10.3. The summed E-state index contributed by atoms with van der Waals surface area (Å²) in [5.74, 6) is -2.34. The van der Waals surface area contributed by atoms with Gasteiger partial charge in [-0.2, -0.15) is 0 Å². The highest BCUT2D eigenvalue weighted by molar-refractivity contribution is 7.88. The van der Waals surface area contributed by atoms with Crippen LogP contribution in [0.4, 0.5) is 13.2 Å². The Morgan fingerprint density at radius 3 is 1.84 bits per heavy atom. The normalized spacial score (nSPS) is 16.6. The van der Waals surface area contributed by atoms with E-state index in [-0.39, 0.29) is 59.7 Å². The van der Waals surface area contributed by atoms with Gasteiger partial charge in [0.05, 0.1) is 18.8 Å². The van der Waals surface area contributed by atoms with Gasteiger partial charge < -0.3 is 24.3 Å². The molecule has 0 heterocycles. The molecule has 14 heteroatoms. The van der Waals surface area contributed by atoms with Gasteiger partial charge in [-0.25, -0.2) is 26.3 Å². The number of benzene rings is 5. The molecule has 0 aliphatic heterocycles. The molecule has 0 saturated heterocycles. The number of carbonyl (C=O) groups excluding carboxylic acids is 1. The SMILES string of the molecule is COC(=O)C1(Cc2ccc(F)c(-c3cccc(F)c3OCc3ccccc3)c2)CCC(NS(C)(=O)=O)CC1.OB(O)c1cccc(F)c1OCc1ccccc1. The Labute approximate surface area is 325 Å². The molecular weight excluding hydrogens is 746 g/mol. The molecule has 0 unspecified atom stereocenters. The van der Waals surface area contributed by atoms with Crippen molar-refractivity contribution in [3.8, 4) is 22.6 Å². The summed E-state index contributed by atoms with van der Waals surface area (Å²) >= 11 is 0. The number of nitrogens with one attached hydrogen (secondary N) is 1. The first-order valence-corrected chi connectivity index (χ1v) is 19.8. The minimum atomic E-state index is -3.37. The Morgan fingerprint density at radius 2 is 1.29 bits per heavy atom. The number of methoxy groups -OCH3 is 1. The lowest BCUT2D eigenvalue weighted by molar-refractivity contribution is -0.155. The van der Waals surface area contributed by atoms with E-state index >= 15 is 4.39 Å². The molecule has 1 aliphatic carbocycles. The van der Waals surface area contributed by atoms with E-state index < -0.39 is 40.0 Å². The minimum Gasteiger partial charge on any atom is -0.486 e. The maximum absolute atomic E-state index is 15.1. The van der Waals surface area contributed by atoms with E-state index in [9.17, 15) is 22.0 Å².